The van der Waals surface area contributed by atoms with Gasteiger partial charge in [0.05, 0.1) is 0 Å². The molecule has 0 amide bonds. The van der Waals surface area contributed by atoms with Crippen molar-refractivity contribution in [3.05, 3.63) is 66.0 Å². The van der Waals surface area contributed by atoms with Crippen molar-refractivity contribution in [1.29, 1.82) is 5.41 Å². The van der Waals surface area contributed by atoms with E-state index >= 15 is 0 Å². The van der Waals surface area contributed by atoms with Crippen molar-refractivity contribution in [2.24, 2.45) is 5.41 Å². The summed E-state index contributed by atoms with van der Waals surface area (Å²) in [6.07, 6.45) is 5.77. The summed E-state index contributed by atoms with van der Waals surface area (Å²) in [4.78, 5) is 20.4. The number of carbonyl (C=O) groups excluding carboxylic acids is 1. The first-order chi connectivity index (χ1) is 11.1. The standard InChI is InChI=1S/C19H19N3O/c1-19(8-9-20,12-14-5-3-2-4-6-14)17(23)16-11-15-7-10-21-18(15)22-13-16/h2-7,9-11,13,20H,8,12H2,1H3,(H,21,22). The molecule has 0 fully saturated rings. The number of aromatic nitrogens is 2. The van der Waals surface area contributed by atoms with E-state index in [9.17, 15) is 4.79 Å². The molecule has 2 N–H and O–H groups in total. The topological polar surface area (TPSA) is 69.6 Å². The fourth-order valence-corrected chi connectivity index (χ4v) is 2.93. The number of aromatic amines is 1. The van der Waals surface area contributed by atoms with Crippen LogP contribution < -0.4 is 0 Å². The molecule has 0 bridgehead atoms. The third-order valence-electron chi connectivity index (χ3n) is 4.20. The summed E-state index contributed by atoms with van der Waals surface area (Å²) in [5.41, 5.74) is 1.83. The average molecular weight is 305 g/mol. The fraction of sp³-hybridized carbons (Fsp3) is 0.211. The number of H-pyrrole nitrogens is 1. The van der Waals surface area contributed by atoms with Crippen LogP contribution in [0.5, 0.6) is 0 Å². The van der Waals surface area contributed by atoms with Gasteiger partial charge in [-0.2, -0.15) is 0 Å². The maximum Gasteiger partial charge on any atom is 0.170 e. The average Bonchev–Trinajstić information content (AvgIpc) is 3.02. The predicted octanol–water partition coefficient (Wildman–Crippen LogP) is 4.03. The first kappa shape index (κ1) is 15.2. The summed E-state index contributed by atoms with van der Waals surface area (Å²) < 4.78 is 0. The predicted molar refractivity (Wildman–Crippen MR) is 92.1 cm³/mol. The molecule has 0 aliphatic carbocycles. The molecule has 3 aromatic rings. The molecule has 0 radical (unpaired) electrons. The van der Waals surface area contributed by atoms with Gasteiger partial charge < -0.3 is 10.4 Å². The molecular formula is C19H19N3O. The lowest BCUT2D eigenvalue weighted by Crippen LogP contribution is -2.31. The Morgan fingerprint density at radius 2 is 2.09 bits per heavy atom. The number of Topliss-reactive ketones (excluding diaryl/α,β-unsaturated/α-hetero) is 1. The zero-order valence-corrected chi connectivity index (χ0v) is 13.0. The molecule has 3 rings (SSSR count). The second kappa shape index (κ2) is 6.16. The monoisotopic (exact) mass is 305 g/mol. The van der Waals surface area contributed by atoms with Crippen molar-refractivity contribution in [2.45, 2.75) is 19.8 Å². The minimum atomic E-state index is -0.644. The van der Waals surface area contributed by atoms with Crippen molar-refractivity contribution < 1.29 is 4.79 Å². The minimum Gasteiger partial charge on any atom is -0.346 e. The van der Waals surface area contributed by atoms with E-state index in [1.165, 1.54) is 6.21 Å². The lowest BCUT2D eigenvalue weighted by atomic mass is 9.75. The SMILES string of the molecule is CC(CC=N)(Cc1ccccc1)C(=O)c1cnc2[nH]ccc2c1. The fourth-order valence-electron chi connectivity index (χ4n) is 2.93. The van der Waals surface area contributed by atoms with E-state index < -0.39 is 5.41 Å². The molecular weight excluding hydrogens is 286 g/mol. The minimum absolute atomic E-state index is 0.0282. The number of hydrogen-bond acceptors (Lipinski definition) is 3. The van der Waals surface area contributed by atoms with Gasteiger partial charge >= 0.3 is 0 Å². The van der Waals surface area contributed by atoms with E-state index in [1.54, 1.807) is 6.20 Å². The van der Waals surface area contributed by atoms with Gasteiger partial charge in [0.2, 0.25) is 0 Å². The molecule has 0 saturated heterocycles. The summed E-state index contributed by atoms with van der Waals surface area (Å²) in [5, 5.41) is 8.41. The number of carbonyl (C=O) groups is 1. The smallest absolute Gasteiger partial charge is 0.170 e. The van der Waals surface area contributed by atoms with Crippen LogP contribution in [0.25, 0.3) is 11.0 Å². The summed E-state index contributed by atoms with van der Waals surface area (Å²) in [6.45, 7) is 1.93. The maximum atomic E-state index is 13.1. The molecule has 4 heteroatoms. The quantitative estimate of drug-likeness (QED) is 0.533. The molecule has 2 aromatic heterocycles. The Balaban J connectivity index is 1.95. The van der Waals surface area contributed by atoms with Crippen molar-refractivity contribution in [2.75, 3.05) is 0 Å². The summed E-state index contributed by atoms with van der Waals surface area (Å²) in [5.74, 6) is 0.0282. The van der Waals surface area contributed by atoms with Crippen LogP contribution in [-0.2, 0) is 6.42 Å². The highest BCUT2D eigenvalue weighted by Gasteiger charge is 2.33. The van der Waals surface area contributed by atoms with Gasteiger partial charge in [0.15, 0.2) is 5.78 Å². The van der Waals surface area contributed by atoms with Crippen LogP contribution in [-0.4, -0.2) is 22.0 Å². The number of hydrogen-bond donors (Lipinski definition) is 2. The van der Waals surface area contributed by atoms with Crippen molar-refractivity contribution in [3.8, 4) is 0 Å². The highest BCUT2D eigenvalue weighted by atomic mass is 16.1. The van der Waals surface area contributed by atoms with Gasteiger partial charge in [-0.05, 0) is 36.8 Å². The van der Waals surface area contributed by atoms with Gasteiger partial charge in [-0.15, -0.1) is 0 Å². The first-order valence-corrected chi connectivity index (χ1v) is 7.63. The molecule has 1 atom stereocenters. The van der Waals surface area contributed by atoms with Crippen LogP contribution in [0.3, 0.4) is 0 Å². The number of fused-ring (bicyclic) bond motifs is 1. The Kier molecular flexibility index (Phi) is 4.06. The molecule has 0 aliphatic rings. The number of benzene rings is 1. The first-order valence-electron chi connectivity index (χ1n) is 7.63. The van der Waals surface area contributed by atoms with Gasteiger partial charge in [-0.1, -0.05) is 37.3 Å². The van der Waals surface area contributed by atoms with E-state index in [4.69, 9.17) is 5.41 Å². The van der Waals surface area contributed by atoms with Crippen molar-refractivity contribution in [3.63, 3.8) is 0 Å². The largest absolute Gasteiger partial charge is 0.346 e. The second-order valence-corrected chi connectivity index (χ2v) is 6.10. The van der Waals surface area contributed by atoms with E-state index in [0.29, 0.717) is 18.4 Å². The number of pyridine rings is 1. The number of rotatable bonds is 6. The third-order valence-corrected chi connectivity index (χ3v) is 4.20. The van der Waals surface area contributed by atoms with Crippen LogP contribution in [0.2, 0.25) is 0 Å². The maximum absolute atomic E-state index is 13.1. The Morgan fingerprint density at radius 1 is 1.30 bits per heavy atom. The zero-order chi connectivity index (χ0) is 16.3. The van der Waals surface area contributed by atoms with Crippen molar-refractivity contribution >= 4 is 23.0 Å². The van der Waals surface area contributed by atoms with Crippen LogP contribution in [0.4, 0.5) is 0 Å². The molecule has 1 aromatic carbocycles. The summed E-state index contributed by atoms with van der Waals surface area (Å²) in [7, 11) is 0. The van der Waals surface area contributed by atoms with Crippen LogP contribution >= 0.6 is 0 Å². The van der Waals surface area contributed by atoms with E-state index in [-0.39, 0.29) is 5.78 Å². The molecule has 0 aliphatic heterocycles. The van der Waals surface area contributed by atoms with Gasteiger partial charge in [-0.3, -0.25) is 4.79 Å². The Labute approximate surface area is 135 Å². The molecule has 0 spiro atoms. The Hall–Kier alpha value is -2.75. The normalized spacial score (nSPS) is 13.6. The molecule has 116 valence electrons. The molecule has 1 unspecified atom stereocenters. The third kappa shape index (κ3) is 3.06. The second-order valence-electron chi connectivity index (χ2n) is 6.10. The Bertz CT molecular complexity index is 838. The molecule has 0 saturated carbocycles. The number of nitrogens with one attached hydrogen (secondary N) is 2. The Morgan fingerprint density at radius 3 is 2.83 bits per heavy atom. The van der Waals surface area contributed by atoms with Crippen LogP contribution in [0.1, 0.15) is 29.3 Å². The van der Waals surface area contributed by atoms with Crippen LogP contribution in [0.15, 0.2) is 54.9 Å². The van der Waals surface area contributed by atoms with Gasteiger partial charge in [0, 0.05) is 28.8 Å². The highest BCUT2D eigenvalue weighted by molar-refractivity contribution is 6.03. The molecule has 2 heterocycles. The van der Waals surface area contributed by atoms with E-state index in [2.05, 4.69) is 9.97 Å². The molecule has 23 heavy (non-hydrogen) atoms. The number of nitrogens with zero attached hydrogens (tertiary/aromatic N) is 1. The van der Waals surface area contributed by atoms with Gasteiger partial charge in [0.1, 0.15) is 5.65 Å². The van der Waals surface area contributed by atoms with Crippen molar-refractivity contribution in [1.82, 2.24) is 9.97 Å². The summed E-state index contributed by atoms with van der Waals surface area (Å²) >= 11 is 0. The number of ketones is 1. The molecule has 4 nitrogen and oxygen atoms in total. The highest BCUT2D eigenvalue weighted by Crippen LogP contribution is 2.31. The van der Waals surface area contributed by atoms with E-state index in [1.807, 2.05) is 55.6 Å². The van der Waals surface area contributed by atoms with Gasteiger partial charge in [-0.25, -0.2) is 4.98 Å². The lowest BCUT2D eigenvalue weighted by Gasteiger charge is -2.26. The zero-order valence-electron chi connectivity index (χ0n) is 13.0. The lowest BCUT2D eigenvalue weighted by molar-refractivity contribution is 0.0824. The van der Waals surface area contributed by atoms with Crippen LogP contribution in [0, 0.1) is 10.8 Å². The van der Waals surface area contributed by atoms with Gasteiger partial charge in [0.25, 0.3) is 0 Å². The summed E-state index contributed by atoms with van der Waals surface area (Å²) in [6, 6.07) is 13.7. The van der Waals surface area contributed by atoms with E-state index in [0.717, 1.165) is 16.6 Å².